The van der Waals surface area contributed by atoms with Crippen LogP contribution in [0.3, 0.4) is 0 Å². The van der Waals surface area contributed by atoms with Gasteiger partial charge in [0.1, 0.15) is 5.71 Å². The van der Waals surface area contributed by atoms with Gasteiger partial charge < -0.3 is 11.5 Å². The highest BCUT2D eigenvalue weighted by atomic mass is 32.1. The Labute approximate surface area is 121 Å². The van der Waals surface area contributed by atoms with E-state index in [-0.39, 0.29) is 10.2 Å². The van der Waals surface area contributed by atoms with E-state index >= 15 is 0 Å². The van der Waals surface area contributed by atoms with Crippen LogP contribution < -0.4 is 22.3 Å². The molecule has 0 radical (unpaired) electrons. The van der Waals surface area contributed by atoms with Crippen LogP contribution in [-0.2, 0) is 0 Å². The second kappa shape index (κ2) is 7.39. The van der Waals surface area contributed by atoms with Gasteiger partial charge in [-0.2, -0.15) is 10.2 Å². The first kappa shape index (κ1) is 15.0. The molecule has 1 aromatic rings. The summed E-state index contributed by atoms with van der Waals surface area (Å²) in [6, 6.07) is 9.46. The quantitative estimate of drug-likeness (QED) is 0.365. The number of thiocarbonyl (C=S) groups is 2. The van der Waals surface area contributed by atoms with Gasteiger partial charge in [-0.3, -0.25) is 10.9 Å². The second-order valence-corrected chi connectivity index (χ2v) is 4.36. The number of nitrogens with two attached hydrogens (primary N) is 2. The minimum absolute atomic E-state index is 0.0727. The van der Waals surface area contributed by atoms with E-state index in [1.54, 1.807) is 6.92 Å². The van der Waals surface area contributed by atoms with E-state index in [9.17, 15) is 0 Å². The maximum Gasteiger partial charge on any atom is 0.184 e. The van der Waals surface area contributed by atoms with Crippen LogP contribution in [-0.4, -0.2) is 21.6 Å². The van der Waals surface area contributed by atoms with Crippen molar-refractivity contribution in [3.8, 4) is 0 Å². The fourth-order valence-electron chi connectivity index (χ4n) is 1.25. The summed E-state index contributed by atoms with van der Waals surface area (Å²) >= 11 is 9.41. The number of nitrogens with one attached hydrogen (secondary N) is 2. The Bertz CT molecular complexity index is 523. The van der Waals surface area contributed by atoms with Crippen LogP contribution in [0.15, 0.2) is 40.5 Å². The van der Waals surface area contributed by atoms with Crippen LogP contribution in [0.4, 0.5) is 0 Å². The molecule has 0 saturated heterocycles. The summed E-state index contributed by atoms with van der Waals surface area (Å²) in [5.41, 5.74) is 17.7. The van der Waals surface area contributed by atoms with Gasteiger partial charge in [0.25, 0.3) is 0 Å². The molecule has 0 fully saturated rings. The number of nitrogens with zero attached hydrogens (tertiary/aromatic N) is 2. The van der Waals surface area contributed by atoms with Crippen molar-refractivity contribution >= 4 is 46.1 Å². The van der Waals surface area contributed by atoms with Crippen molar-refractivity contribution in [3.63, 3.8) is 0 Å². The van der Waals surface area contributed by atoms with Crippen LogP contribution in [0.2, 0.25) is 0 Å². The summed E-state index contributed by atoms with van der Waals surface area (Å²) in [5, 5.41) is 8.29. The van der Waals surface area contributed by atoms with Gasteiger partial charge in [-0.25, -0.2) is 0 Å². The smallest absolute Gasteiger partial charge is 0.184 e. The van der Waals surface area contributed by atoms with Crippen LogP contribution in [0.25, 0.3) is 0 Å². The topological polar surface area (TPSA) is 101 Å². The molecule has 0 saturated carbocycles. The average molecular weight is 294 g/mol. The first-order valence-electron chi connectivity index (χ1n) is 5.29. The Balaban J connectivity index is 3.06. The molecule has 0 bridgehead atoms. The Hall–Kier alpha value is -2.06. The Kier molecular flexibility index (Phi) is 5.83. The molecule has 6 nitrogen and oxygen atoms in total. The minimum atomic E-state index is 0.0727. The lowest BCUT2D eigenvalue weighted by atomic mass is 10.1. The molecule has 0 amide bonds. The number of hydrogen-bond acceptors (Lipinski definition) is 4. The SMILES string of the molecule is CC(=N/NC(N)=S)/C(=N\NC(N)=S)c1ccccc1. The molecule has 19 heavy (non-hydrogen) atoms. The molecular formula is C11H14N6S2. The second-order valence-electron chi connectivity index (χ2n) is 3.48. The Morgan fingerprint density at radius 2 is 1.53 bits per heavy atom. The first-order valence-corrected chi connectivity index (χ1v) is 6.11. The van der Waals surface area contributed by atoms with Crippen molar-refractivity contribution in [1.29, 1.82) is 0 Å². The molecule has 0 aliphatic carbocycles. The van der Waals surface area contributed by atoms with Crippen LogP contribution in [0, 0.1) is 0 Å². The van der Waals surface area contributed by atoms with Crippen molar-refractivity contribution in [1.82, 2.24) is 10.9 Å². The lowest BCUT2D eigenvalue weighted by molar-refractivity contribution is 1.02. The van der Waals surface area contributed by atoms with Crippen molar-refractivity contribution in [2.24, 2.45) is 21.7 Å². The molecule has 0 unspecified atom stereocenters. The van der Waals surface area contributed by atoms with Gasteiger partial charge in [0.2, 0.25) is 0 Å². The number of rotatable bonds is 4. The van der Waals surface area contributed by atoms with Crippen LogP contribution >= 0.6 is 24.4 Å². The van der Waals surface area contributed by atoms with Gasteiger partial charge in [-0.1, -0.05) is 30.3 Å². The highest BCUT2D eigenvalue weighted by molar-refractivity contribution is 7.80. The third-order valence-electron chi connectivity index (χ3n) is 2.00. The third kappa shape index (κ3) is 5.40. The summed E-state index contributed by atoms with van der Waals surface area (Å²) in [6.45, 7) is 1.76. The van der Waals surface area contributed by atoms with E-state index in [4.69, 9.17) is 23.7 Å². The monoisotopic (exact) mass is 294 g/mol. The molecule has 8 heteroatoms. The largest absolute Gasteiger partial charge is 0.375 e. The average Bonchev–Trinajstić information content (AvgIpc) is 2.37. The molecule has 6 N–H and O–H groups in total. The van der Waals surface area contributed by atoms with Gasteiger partial charge in [0.05, 0.1) is 5.71 Å². The summed E-state index contributed by atoms with van der Waals surface area (Å²) < 4.78 is 0. The van der Waals surface area contributed by atoms with Gasteiger partial charge in [-0.15, -0.1) is 0 Å². The van der Waals surface area contributed by atoms with Crippen molar-refractivity contribution in [2.75, 3.05) is 0 Å². The lowest BCUT2D eigenvalue weighted by Crippen LogP contribution is -2.30. The fraction of sp³-hybridized carbons (Fsp3) is 0.0909. The molecule has 0 spiro atoms. The third-order valence-corrected chi connectivity index (χ3v) is 2.18. The molecule has 1 rings (SSSR count). The number of hydrazone groups is 2. The van der Waals surface area contributed by atoms with E-state index < -0.39 is 0 Å². The van der Waals surface area contributed by atoms with E-state index in [2.05, 4.69) is 33.3 Å². The van der Waals surface area contributed by atoms with E-state index in [0.717, 1.165) is 5.56 Å². The number of benzene rings is 1. The highest BCUT2D eigenvalue weighted by Gasteiger charge is 2.07. The van der Waals surface area contributed by atoms with E-state index in [1.807, 2.05) is 30.3 Å². The normalized spacial score (nSPS) is 11.8. The molecular weight excluding hydrogens is 280 g/mol. The molecule has 0 aromatic heterocycles. The van der Waals surface area contributed by atoms with Gasteiger partial charge in [-0.05, 0) is 31.4 Å². The van der Waals surface area contributed by atoms with Crippen LogP contribution in [0.1, 0.15) is 12.5 Å². The molecule has 0 aliphatic heterocycles. The Morgan fingerprint density at radius 3 is 2.05 bits per heavy atom. The van der Waals surface area contributed by atoms with Crippen molar-refractivity contribution < 1.29 is 0 Å². The molecule has 0 atom stereocenters. The fourth-order valence-corrected chi connectivity index (χ4v) is 1.34. The van der Waals surface area contributed by atoms with E-state index in [0.29, 0.717) is 11.4 Å². The summed E-state index contributed by atoms with van der Waals surface area (Å²) in [7, 11) is 0. The number of hydrogen-bond donors (Lipinski definition) is 4. The lowest BCUT2D eigenvalue weighted by Gasteiger charge is -2.07. The van der Waals surface area contributed by atoms with Gasteiger partial charge in [0.15, 0.2) is 10.2 Å². The Morgan fingerprint density at radius 1 is 1.00 bits per heavy atom. The van der Waals surface area contributed by atoms with Gasteiger partial charge >= 0.3 is 0 Å². The van der Waals surface area contributed by atoms with Gasteiger partial charge in [0, 0.05) is 5.56 Å². The first-order chi connectivity index (χ1) is 9.00. The zero-order valence-corrected chi connectivity index (χ0v) is 11.9. The summed E-state index contributed by atoms with van der Waals surface area (Å²) in [6.07, 6.45) is 0. The predicted molar refractivity (Wildman–Crippen MR) is 85.9 cm³/mol. The molecule has 1 aromatic carbocycles. The van der Waals surface area contributed by atoms with Crippen molar-refractivity contribution in [2.45, 2.75) is 6.92 Å². The maximum absolute atomic E-state index is 5.36. The summed E-state index contributed by atoms with van der Waals surface area (Å²) in [4.78, 5) is 0. The maximum atomic E-state index is 5.36. The molecule has 0 heterocycles. The molecule has 100 valence electrons. The molecule has 0 aliphatic rings. The zero-order valence-electron chi connectivity index (χ0n) is 10.3. The zero-order chi connectivity index (χ0) is 14.3. The highest BCUT2D eigenvalue weighted by Crippen LogP contribution is 2.02. The van der Waals surface area contributed by atoms with E-state index in [1.165, 1.54) is 0 Å². The summed E-state index contributed by atoms with van der Waals surface area (Å²) in [5.74, 6) is 0. The van der Waals surface area contributed by atoms with Crippen molar-refractivity contribution in [3.05, 3.63) is 35.9 Å². The minimum Gasteiger partial charge on any atom is -0.375 e. The van der Waals surface area contributed by atoms with Crippen LogP contribution in [0.5, 0.6) is 0 Å². The predicted octanol–water partition coefficient (Wildman–Crippen LogP) is 0.433. The standard InChI is InChI=1S/C11H14N6S2/c1-7(14-16-10(12)18)9(15-17-11(13)19)8-5-3-2-4-6-8/h2-6H,1H3,(H3,12,16,18)(H3,13,17,19)/b14-7-,15-9+.